The van der Waals surface area contributed by atoms with Gasteiger partial charge in [0.05, 0.1) is 0 Å². The summed E-state index contributed by atoms with van der Waals surface area (Å²) in [5, 5.41) is 0. The zero-order chi connectivity index (χ0) is 4.50. The highest BCUT2D eigenvalue weighted by atomic mass is 32.1. The molecule has 0 rings (SSSR count). The van der Waals surface area contributed by atoms with Gasteiger partial charge in [0, 0.05) is 0 Å². The minimum atomic E-state index is -4.64. The van der Waals surface area contributed by atoms with Crippen LogP contribution in [-0.2, 0) is 4.57 Å². The van der Waals surface area contributed by atoms with E-state index in [0.717, 1.165) is 0 Å². The molecule has 0 fully saturated rings. The molecule has 0 aromatic carbocycles. The maximum absolute atomic E-state index is 8.88. The third-order valence-corrected chi connectivity index (χ3v) is 0. The maximum Gasteiger partial charge on any atom is 0.466 e. The van der Waals surface area contributed by atoms with Crippen molar-refractivity contribution >= 4 is 21.3 Å². The van der Waals surface area contributed by atoms with Crippen molar-refractivity contribution in [2.45, 2.75) is 0 Å². The molecule has 8 heteroatoms. The Bertz CT molecular complexity index is 60.2. The molecule has 0 aromatic rings. The Balaban J connectivity index is -0.0000000267. The topological polar surface area (TPSA) is 148 Å². The average molecular weight is 166 g/mol. The Hall–Kier alpha value is 0.380. The van der Waals surface area contributed by atoms with Crippen LogP contribution in [0.1, 0.15) is 0 Å². The fourth-order valence-electron chi connectivity index (χ4n) is 0. The predicted octanol–water partition coefficient (Wildman–Crippen LogP) is -0.492. The van der Waals surface area contributed by atoms with Crippen LogP contribution in [0.2, 0.25) is 0 Å². The highest BCUT2D eigenvalue weighted by Gasteiger charge is 2.00. The highest BCUT2D eigenvalue weighted by Crippen LogP contribution is 2.25. The standard InChI is InChI=1S/2H3N.H3O4P.H2S/c;;1-5(2,3)4;/h2*1H3;(H3,1,2,3,4);1H2. The van der Waals surface area contributed by atoms with Crippen molar-refractivity contribution in [2.75, 3.05) is 0 Å². The van der Waals surface area contributed by atoms with Gasteiger partial charge in [-0.2, -0.15) is 13.5 Å². The molecule has 9 N–H and O–H groups in total. The smallest absolute Gasteiger partial charge is 0.344 e. The van der Waals surface area contributed by atoms with Gasteiger partial charge >= 0.3 is 7.82 Å². The molecule has 0 aliphatic carbocycles. The van der Waals surface area contributed by atoms with E-state index in [1.54, 1.807) is 0 Å². The van der Waals surface area contributed by atoms with E-state index in [9.17, 15) is 0 Å². The van der Waals surface area contributed by atoms with Gasteiger partial charge in [0.2, 0.25) is 0 Å². The quantitative estimate of drug-likeness (QED) is 0.306. The summed E-state index contributed by atoms with van der Waals surface area (Å²) in [6, 6.07) is 0. The molecule has 0 radical (unpaired) electrons. The molecule has 0 aromatic heterocycles. The van der Waals surface area contributed by atoms with E-state index in [1.165, 1.54) is 0 Å². The molecule has 0 aliphatic heterocycles. The fraction of sp³-hybridized carbons (Fsp3) is 0. The van der Waals surface area contributed by atoms with Gasteiger partial charge in [-0.15, -0.1) is 0 Å². The van der Waals surface area contributed by atoms with Crippen molar-refractivity contribution in [2.24, 2.45) is 0 Å². The zero-order valence-electron chi connectivity index (χ0n) is 4.11. The molecule has 6 nitrogen and oxygen atoms in total. The van der Waals surface area contributed by atoms with Crippen LogP contribution in [0, 0.1) is 0 Å². The summed E-state index contributed by atoms with van der Waals surface area (Å²) in [4.78, 5) is 21.6. The van der Waals surface area contributed by atoms with Gasteiger partial charge in [0.1, 0.15) is 0 Å². The van der Waals surface area contributed by atoms with Gasteiger partial charge in [0.25, 0.3) is 0 Å². The number of rotatable bonds is 0. The Morgan fingerprint density at radius 2 is 1.00 bits per heavy atom. The molecule has 0 unspecified atom stereocenters. The minimum absolute atomic E-state index is 0. The second kappa shape index (κ2) is 7.38. The van der Waals surface area contributed by atoms with Gasteiger partial charge in [0.15, 0.2) is 0 Å². The van der Waals surface area contributed by atoms with Crippen LogP contribution < -0.4 is 12.3 Å². The summed E-state index contributed by atoms with van der Waals surface area (Å²) in [5.74, 6) is 0. The average Bonchev–Trinajstić information content (AvgIpc) is 0.722. The van der Waals surface area contributed by atoms with Crippen LogP contribution >= 0.6 is 21.3 Å². The number of hydrogen-bond donors (Lipinski definition) is 5. The molecule has 0 atom stereocenters. The first kappa shape index (κ1) is 23.8. The van der Waals surface area contributed by atoms with Gasteiger partial charge in [-0.1, -0.05) is 0 Å². The molecule has 0 saturated heterocycles. The van der Waals surface area contributed by atoms with Gasteiger partial charge in [-0.05, 0) is 0 Å². The first-order valence-corrected chi connectivity index (χ1v) is 2.35. The van der Waals surface area contributed by atoms with Crippen LogP contribution in [0.3, 0.4) is 0 Å². The van der Waals surface area contributed by atoms with Crippen molar-refractivity contribution in [3.8, 4) is 0 Å². The van der Waals surface area contributed by atoms with E-state index < -0.39 is 7.82 Å². The lowest BCUT2D eigenvalue weighted by atomic mass is 14.0. The van der Waals surface area contributed by atoms with E-state index in [1.807, 2.05) is 0 Å². The lowest BCUT2D eigenvalue weighted by Gasteiger charge is -1.82. The van der Waals surface area contributed by atoms with Crippen LogP contribution in [0.5, 0.6) is 0 Å². The normalized spacial score (nSPS) is 7.38. The molecule has 0 bridgehead atoms. The molecular formula is H11N2O4PS. The number of phosphoric acid groups is 1. The predicted molar refractivity (Wildman–Crippen MR) is 34.7 cm³/mol. The van der Waals surface area contributed by atoms with Crippen LogP contribution in [0.4, 0.5) is 0 Å². The zero-order valence-corrected chi connectivity index (χ0v) is 6.01. The summed E-state index contributed by atoms with van der Waals surface area (Å²) in [5.41, 5.74) is 0. The van der Waals surface area contributed by atoms with Crippen molar-refractivity contribution in [1.82, 2.24) is 12.3 Å². The molecule has 56 valence electrons. The molecule has 0 spiro atoms. The van der Waals surface area contributed by atoms with Crippen molar-refractivity contribution in [3.63, 3.8) is 0 Å². The van der Waals surface area contributed by atoms with E-state index in [2.05, 4.69) is 0 Å². The van der Waals surface area contributed by atoms with E-state index >= 15 is 0 Å². The molecule has 0 amide bonds. The lowest BCUT2D eigenvalue weighted by molar-refractivity contribution is 0.275. The van der Waals surface area contributed by atoms with Gasteiger partial charge < -0.3 is 27.0 Å². The first-order valence-electron chi connectivity index (χ1n) is 0.783. The Labute approximate surface area is 53.8 Å². The van der Waals surface area contributed by atoms with Crippen molar-refractivity contribution in [3.05, 3.63) is 0 Å². The molecule has 0 aliphatic rings. The third kappa shape index (κ3) is 1280. The first-order chi connectivity index (χ1) is 2.00. The van der Waals surface area contributed by atoms with Crippen LogP contribution in [0.15, 0.2) is 0 Å². The van der Waals surface area contributed by atoms with E-state index in [0.29, 0.717) is 0 Å². The van der Waals surface area contributed by atoms with Crippen LogP contribution in [-0.4, -0.2) is 14.7 Å². The van der Waals surface area contributed by atoms with Crippen molar-refractivity contribution in [1.29, 1.82) is 0 Å². The second-order valence-corrected chi connectivity index (χ2v) is 1.54. The summed E-state index contributed by atoms with van der Waals surface area (Å²) >= 11 is 0. The monoisotopic (exact) mass is 166 g/mol. The van der Waals surface area contributed by atoms with Gasteiger partial charge in [-0.3, -0.25) is 0 Å². The summed E-state index contributed by atoms with van der Waals surface area (Å²) in [6.45, 7) is 0. The second-order valence-electron chi connectivity index (χ2n) is 0.513. The highest BCUT2D eigenvalue weighted by molar-refractivity contribution is 7.59. The lowest BCUT2D eigenvalue weighted by Crippen LogP contribution is -1.66. The maximum atomic E-state index is 8.88. The molecule has 8 heavy (non-hydrogen) atoms. The fourth-order valence-corrected chi connectivity index (χ4v) is 0. The van der Waals surface area contributed by atoms with E-state index in [-0.39, 0.29) is 25.8 Å². The Morgan fingerprint density at radius 1 is 1.00 bits per heavy atom. The summed E-state index contributed by atoms with van der Waals surface area (Å²) in [7, 11) is -4.64. The van der Waals surface area contributed by atoms with Crippen LogP contribution in [0.25, 0.3) is 0 Å². The molecule has 0 saturated carbocycles. The molecular weight excluding hydrogens is 155 g/mol. The third-order valence-electron chi connectivity index (χ3n) is 0. The molecule has 0 heterocycles. The minimum Gasteiger partial charge on any atom is -0.344 e. The Morgan fingerprint density at radius 3 is 1.00 bits per heavy atom. The van der Waals surface area contributed by atoms with E-state index in [4.69, 9.17) is 19.2 Å². The van der Waals surface area contributed by atoms with Crippen molar-refractivity contribution < 1.29 is 19.2 Å². The largest absolute Gasteiger partial charge is 0.466 e. The summed E-state index contributed by atoms with van der Waals surface area (Å²) in [6.07, 6.45) is 0. The summed E-state index contributed by atoms with van der Waals surface area (Å²) < 4.78 is 8.88. The Kier molecular flexibility index (Phi) is 21.9. The van der Waals surface area contributed by atoms with Gasteiger partial charge in [-0.25, -0.2) is 4.57 Å². The SMILES string of the molecule is N.N.O=P(O)(O)O.S. The number of hydrogen-bond acceptors (Lipinski definition) is 3.